The SMILES string of the molecule is CC1=C(C)CC2N=C3C(=NC(=O)NC3O)N(CCNCc3ccccc3)C2=C1. The van der Waals surface area contributed by atoms with Gasteiger partial charge in [0.2, 0.25) is 0 Å². The molecule has 0 saturated carbocycles. The van der Waals surface area contributed by atoms with Gasteiger partial charge in [-0.15, -0.1) is 0 Å². The molecule has 1 aromatic rings. The summed E-state index contributed by atoms with van der Waals surface area (Å²) in [5, 5.41) is 16.2. The summed E-state index contributed by atoms with van der Waals surface area (Å²) in [5.74, 6) is 0.451. The molecule has 2 heterocycles. The van der Waals surface area contributed by atoms with Crippen molar-refractivity contribution in [1.82, 2.24) is 15.5 Å². The maximum absolute atomic E-state index is 11.9. The molecular formula is C21H25N5O2. The van der Waals surface area contributed by atoms with Crippen LogP contribution in [-0.2, 0) is 6.54 Å². The fourth-order valence-corrected chi connectivity index (χ4v) is 3.73. The van der Waals surface area contributed by atoms with Gasteiger partial charge in [0.15, 0.2) is 12.1 Å². The van der Waals surface area contributed by atoms with Crippen LogP contribution in [0.2, 0.25) is 0 Å². The fourth-order valence-electron chi connectivity index (χ4n) is 3.73. The Morgan fingerprint density at radius 1 is 1.29 bits per heavy atom. The predicted octanol–water partition coefficient (Wildman–Crippen LogP) is 1.97. The van der Waals surface area contributed by atoms with Crippen LogP contribution in [-0.4, -0.2) is 52.9 Å². The Morgan fingerprint density at radius 3 is 2.86 bits per heavy atom. The molecule has 0 fully saturated rings. The van der Waals surface area contributed by atoms with Gasteiger partial charge in [-0.25, -0.2) is 4.79 Å². The van der Waals surface area contributed by atoms with Crippen molar-refractivity contribution in [2.45, 2.75) is 39.1 Å². The van der Waals surface area contributed by atoms with Crippen molar-refractivity contribution >= 4 is 17.6 Å². The van der Waals surface area contributed by atoms with Crippen molar-refractivity contribution < 1.29 is 9.90 Å². The smallest absolute Gasteiger partial charge is 0.345 e. The van der Waals surface area contributed by atoms with Crippen LogP contribution >= 0.6 is 0 Å². The van der Waals surface area contributed by atoms with E-state index in [1.807, 2.05) is 23.1 Å². The highest BCUT2D eigenvalue weighted by Gasteiger charge is 2.39. The van der Waals surface area contributed by atoms with Crippen molar-refractivity contribution in [3.05, 3.63) is 58.8 Å². The lowest BCUT2D eigenvalue weighted by Crippen LogP contribution is -2.57. The fraction of sp³-hybridized carbons (Fsp3) is 0.381. The van der Waals surface area contributed by atoms with Crippen LogP contribution in [0.4, 0.5) is 4.79 Å². The first kappa shape index (κ1) is 18.6. The number of aliphatic imine (C=N–C) groups is 2. The molecule has 0 spiro atoms. The number of hydrogen-bond acceptors (Lipinski definition) is 5. The zero-order valence-electron chi connectivity index (χ0n) is 16.1. The molecule has 2 amide bonds. The number of nitrogens with one attached hydrogen (secondary N) is 2. The minimum atomic E-state index is -1.12. The van der Waals surface area contributed by atoms with Crippen molar-refractivity contribution in [2.24, 2.45) is 9.98 Å². The van der Waals surface area contributed by atoms with E-state index in [9.17, 15) is 9.90 Å². The predicted molar refractivity (Wildman–Crippen MR) is 109 cm³/mol. The van der Waals surface area contributed by atoms with Crippen molar-refractivity contribution in [3.8, 4) is 0 Å². The molecule has 2 atom stereocenters. The maximum Gasteiger partial charge on any atom is 0.345 e. The molecule has 3 aliphatic rings. The quantitative estimate of drug-likeness (QED) is 0.683. The van der Waals surface area contributed by atoms with Gasteiger partial charge < -0.3 is 20.6 Å². The minimum Gasteiger partial charge on any atom is -0.368 e. The van der Waals surface area contributed by atoms with Crippen molar-refractivity contribution in [1.29, 1.82) is 0 Å². The summed E-state index contributed by atoms with van der Waals surface area (Å²) in [4.78, 5) is 22.7. The van der Waals surface area contributed by atoms with E-state index in [2.05, 4.69) is 47.7 Å². The summed E-state index contributed by atoms with van der Waals surface area (Å²) in [7, 11) is 0. The number of hydrogen-bond donors (Lipinski definition) is 3. The Hall–Kier alpha value is -2.77. The third-order valence-corrected chi connectivity index (χ3v) is 5.38. The Kier molecular flexibility index (Phi) is 5.11. The second kappa shape index (κ2) is 7.69. The van der Waals surface area contributed by atoms with E-state index in [0.717, 1.165) is 18.7 Å². The van der Waals surface area contributed by atoms with E-state index < -0.39 is 12.3 Å². The van der Waals surface area contributed by atoms with Crippen LogP contribution in [0, 0.1) is 0 Å². The number of aliphatic hydroxyl groups is 1. The Labute approximate surface area is 164 Å². The number of carbonyl (C=O) groups is 1. The first-order chi connectivity index (χ1) is 13.5. The molecule has 1 aliphatic carbocycles. The first-order valence-electron chi connectivity index (χ1n) is 9.58. The average molecular weight is 379 g/mol. The molecule has 3 N–H and O–H groups in total. The molecule has 146 valence electrons. The monoisotopic (exact) mass is 379 g/mol. The second-order valence-corrected chi connectivity index (χ2v) is 7.37. The van der Waals surface area contributed by atoms with E-state index >= 15 is 0 Å². The lowest BCUT2D eigenvalue weighted by atomic mass is 9.91. The highest BCUT2D eigenvalue weighted by atomic mass is 16.3. The molecule has 0 saturated heterocycles. The number of urea groups is 1. The van der Waals surface area contributed by atoms with E-state index in [0.29, 0.717) is 24.6 Å². The summed E-state index contributed by atoms with van der Waals surface area (Å²) >= 11 is 0. The molecule has 7 heteroatoms. The summed E-state index contributed by atoms with van der Waals surface area (Å²) in [6, 6.07) is 9.62. The van der Waals surface area contributed by atoms with Gasteiger partial charge in [-0.1, -0.05) is 41.5 Å². The highest BCUT2D eigenvalue weighted by Crippen LogP contribution is 2.32. The molecule has 1 aromatic carbocycles. The standard InChI is InChI=1S/C21H25N5O2/c1-13-10-16-17(11-14(13)2)26(9-8-22-12-15-6-4-3-5-7-15)19-18(23-16)20(27)25-21(28)24-19/h3-7,11,16,20,22,27H,8-10,12H2,1-2H3,(H,25,28). The van der Waals surface area contributed by atoms with E-state index in [4.69, 9.17) is 4.99 Å². The van der Waals surface area contributed by atoms with Gasteiger partial charge in [0.25, 0.3) is 0 Å². The molecule has 7 nitrogen and oxygen atoms in total. The van der Waals surface area contributed by atoms with Gasteiger partial charge in [-0.05, 0) is 31.9 Å². The third kappa shape index (κ3) is 3.63. The molecule has 2 aliphatic heterocycles. The van der Waals surface area contributed by atoms with Crippen molar-refractivity contribution in [2.75, 3.05) is 13.1 Å². The van der Waals surface area contributed by atoms with Gasteiger partial charge in [-0.3, -0.25) is 4.99 Å². The number of amidine groups is 1. The number of allylic oxidation sites excluding steroid dienone is 2. The number of rotatable bonds is 5. The lowest BCUT2D eigenvalue weighted by Gasteiger charge is -2.40. The van der Waals surface area contributed by atoms with Gasteiger partial charge in [0.1, 0.15) is 5.71 Å². The molecule has 2 unspecified atom stereocenters. The summed E-state index contributed by atoms with van der Waals surface area (Å²) in [6.45, 7) is 6.32. The summed E-state index contributed by atoms with van der Waals surface area (Å²) in [6.07, 6.45) is 1.82. The number of carbonyl (C=O) groups excluding carboxylic acids is 1. The van der Waals surface area contributed by atoms with Crippen LogP contribution in [0.3, 0.4) is 0 Å². The topological polar surface area (TPSA) is 89.3 Å². The maximum atomic E-state index is 11.9. The van der Waals surface area contributed by atoms with Crippen molar-refractivity contribution in [3.63, 3.8) is 0 Å². The minimum absolute atomic E-state index is 0.0589. The molecule has 0 aromatic heterocycles. The molecular weight excluding hydrogens is 354 g/mol. The zero-order chi connectivity index (χ0) is 19.7. The Balaban J connectivity index is 1.56. The van der Waals surface area contributed by atoms with Gasteiger partial charge >= 0.3 is 6.03 Å². The van der Waals surface area contributed by atoms with Crippen LogP contribution in [0.15, 0.2) is 63.2 Å². The third-order valence-electron chi connectivity index (χ3n) is 5.38. The molecule has 0 radical (unpaired) electrons. The molecule has 0 bridgehead atoms. The van der Waals surface area contributed by atoms with Crippen LogP contribution in [0.1, 0.15) is 25.8 Å². The second-order valence-electron chi connectivity index (χ2n) is 7.37. The molecule has 4 rings (SSSR count). The van der Waals surface area contributed by atoms with E-state index in [-0.39, 0.29) is 6.04 Å². The largest absolute Gasteiger partial charge is 0.368 e. The average Bonchev–Trinajstić information content (AvgIpc) is 2.67. The van der Waals surface area contributed by atoms with Crippen LogP contribution in [0.25, 0.3) is 0 Å². The van der Waals surface area contributed by atoms with Gasteiger partial charge in [0, 0.05) is 25.3 Å². The number of fused-ring (bicyclic) bond motifs is 2. The summed E-state index contributed by atoms with van der Waals surface area (Å²) in [5.41, 5.74) is 5.20. The number of aliphatic hydroxyl groups excluding tert-OH is 1. The van der Waals surface area contributed by atoms with Gasteiger partial charge in [0.05, 0.1) is 6.04 Å². The number of benzene rings is 1. The zero-order valence-corrected chi connectivity index (χ0v) is 16.1. The Morgan fingerprint density at radius 2 is 2.07 bits per heavy atom. The van der Waals surface area contributed by atoms with E-state index in [1.54, 1.807) is 0 Å². The van der Waals surface area contributed by atoms with E-state index in [1.165, 1.54) is 16.7 Å². The van der Waals surface area contributed by atoms with Gasteiger partial charge in [-0.2, -0.15) is 4.99 Å². The number of amides is 2. The van der Waals surface area contributed by atoms with Crippen LogP contribution in [0.5, 0.6) is 0 Å². The normalized spacial score (nSPS) is 24.0. The Bertz CT molecular complexity index is 901. The van der Waals surface area contributed by atoms with Crippen LogP contribution < -0.4 is 10.6 Å². The first-order valence-corrected chi connectivity index (χ1v) is 9.58. The molecule has 28 heavy (non-hydrogen) atoms. The number of nitrogens with zero attached hydrogens (tertiary/aromatic N) is 3. The lowest BCUT2D eigenvalue weighted by molar-refractivity contribution is 0.192. The summed E-state index contributed by atoms with van der Waals surface area (Å²) < 4.78 is 0. The highest BCUT2D eigenvalue weighted by molar-refractivity contribution is 6.46.